The number of hydrogen-bond donors (Lipinski definition) is 1. The summed E-state index contributed by atoms with van der Waals surface area (Å²) in [6.07, 6.45) is 0. The largest absolute Gasteiger partial charge is 0.392 e. The number of hydrogen-bond acceptors (Lipinski definition) is 1. The molecule has 0 saturated carbocycles. The van der Waals surface area contributed by atoms with Crippen molar-refractivity contribution >= 4 is 0 Å². The summed E-state index contributed by atoms with van der Waals surface area (Å²) in [5.74, 6) is 0.664. The highest BCUT2D eigenvalue weighted by molar-refractivity contribution is 5.08. The third-order valence-electron chi connectivity index (χ3n) is 1.83. The Balaban J connectivity index is 4.10. The summed E-state index contributed by atoms with van der Waals surface area (Å²) in [5.41, 5.74) is 2.74. The first-order chi connectivity index (χ1) is 4.09. The van der Waals surface area contributed by atoms with E-state index >= 15 is 0 Å². The minimum absolute atomic E-state index is 0.664. The Bertz CT molecular complexity index is 112. The zero-order valence-electron chi connectivity index (χ0n) is 7.08. The second kappa shape index (κ2) is 3.54. The summed E-state index contributed by atoms with van der Waals surface area (Å²) in [6.45, 7) is 8.68. The molecule has 1 nitrogen and oxygen atoms in total. The number of nitrogens with one attached hydrogen (secondary N) is 1. The molecule has 0 rings (SSSR count). The highest BCUT2D eigenvalue weighted by Gasteiger charge is 1.98. The number of rotatable bonds is 2. The lowest BCUT2D eigenvalue weighted by Crippen LogP contribution is -2.07. The maximum atomic E-state index is 3.13. The lowest BCUT2D eigenvalue weighted by Gasteiger charge is -2.09. The zero-order valence-corrected chi connectivity index (χ0v) is 7.08. The van der Waals surface area contributed by atoms with E-state index in [1.54, 1.807) is 0 Å². The molecule has 1 N–H and O–H groups in total. The summed E-state index contributed by atoms with van der Waals surface area (Å²) in [4.78, 5) is 0. The van der Waals surface area contributed by atoms with E-state index in [4.69, 9.17) is 0 Å². The molecule has 0 bridgehead atoms. The van der Waals surface area contributed by atoms with Crippen LogP contribution in [0.3, 0.4) is 0 Å². The summed E-state index contributed by atoms with van der Waals surface area (Å²) in [7, 11) is 1.96. The molecule has 0 heterocycles. The number of allylic oxidation sites excluding steroid dienone is 2. The minimum Gasteiger partial charge on any atom is -0.392 e. The van der Waals surface area contributed by atoms with Crippen LogP contribution >= 0.6 is 0 Å². The summed E-state index contributed by atoms with van der Waals surface area (Å²) in [5, 5.41) is 3.13. The molecule has 0 aliphatic heterocycles. The van der Waals surface area contributed by atoms with Gasteiger partial charge in [-0.25, -0.2) is 0 Å². The van der Waals surface area contributed by atoms with Gasteiger partial charge in [-0.2, -0.15) is 0 Å². The van der Waals surface area contributed by atoms with Crippen molar-refractivity contribution in [2.24, 2.45) is 5.92 Å². The Kier molecular flexibility index (Phi) is 3.36. The van der Waals surface area contributed by atoms with Gasteiger partial charge in [-0.3, -0.25) is 0 Å². The van der Waals surface area contributed by atoms with Gasteiger partial charge in [-0.1, -0.05) is 19.4 Å². The van der Waals surface area contributed by atoms with Gasteiger partial charge in [-0.05, 0) is 19.8 Å². The first-order valence-electron chi connectivity index (χ1n) is 3.44. The van der Waals surface area contributed by atoms with Crippen LogP contribution in [0.2, 0.25) is 0 Å². The Morgan fingerprint density at radius 3 is 1.78 bits per heavy atom. The van der Waals surface area contributed by atoms with Crippen molar-refractivity contribution in [2.45, 2.75) is 27.7 Å². The van der Waals surface area contributed by atoms with Crippen LogP contribution in [0.15, 0.2) is 11.3 Å². The van der Waals surface area contributed by atoms with Crippen LogP contribution in [0, 0.1) is 5.92 Å². The molecule has 0 spiro atoms. The van der Waals surface area contributed by atoms with Crippen molar-refractivity contribution in [1.82, 2.24) is 5.32 Å². The van der Waals surface area contributed by atoms with Crippen LogP contribution < -0.4 is 5.32 Å². The molecule has 0 amide bonds. The van der Waals surface area contributed by atoms with Gasteiger partial charge >= 0.3 is 0 Å². The quantitative estimate of drug-likeness (QED) is 0.599. The van der Waals surface area contributed by atoms with E-state index in [0.717, 1.165) is 0 Å². The van der Waals surface area contributed by atoms with Gasteiger partial charge < -0.3 is 5.32 Å². The van der Waals surface area contributed by atoms with Crippen molar-refractivity contribution in [3.8, 4) is 0 Å². The van der Waals surface area contributed by atoms with E-state index in [1.165, 1.54) is 11.3 Å². The standard InChI is InChI=1S/C8H17N/c1-6(2)7(3)8(4)9-5/h6,9H,1-5H3/b8-7-. The predicted octanol–water partition coefficient (Wildman–Crippen LogP) is 2.16. The van der Waals surface area contributed by atoms with Crippen molar-refractivity contribution in [3.63, 3.8) is 0 Å². The summed E-state index contributed by atoms with van der Waals surface area (Å²) < 4.78 is 0. The molecule has 0 aliphatic rings. The molecule has 0 aromatic rings. The Morgan fingerprint density at radius 2 is 1.67 bits per heavy atom. The van der Waals surface area contributed by atoms with Gasteiger partial charge in [-0.15, -0.1) is 0 Å². The average molecular weight is 127 g/mol. The topological polar surface area (TPSA) is 12.0 Å². The predicted molar refractivity (Wildman–Crippen MR) is 42.3 cm³/mol. The van der Waals surface area contributed by atoms with Crippen LogP contribution in [-0.2, 0) is 0 Å². The molecular weight excluding hydrogens is 110 g/mol. The highest BCUT2D eigenvalue weighted by Crippen LogP contribution is 2.10. The lowest BCUT2D eigenvalue weighted by atomic mass is 10.0. The van der Waals surface area contributed by atoms with E-state index in [-0.39, 0.29) is 0 Å². The summed E-state index contributed by atoms with van der Waals surface area (Å²) in [6, 6.07) is 0. The molecule has 0 unspecified atom stereocenters. The van der Waals surface area contributed by atoms with Crippen molar-refractivity contribution in [3.05, 3.63) is 11.3 Å². The fraction of sp³-hybridized carbons (Fsp3) is 0.750. The van der Waals surface area contributed by atoms with E-state index in [0.29, 0.717) is 5.92 Å². The van der Waals surface area contributed by atoms with Gasteiger partial charge in [0.15, 0.2) is 0 Å². The highest BCUT2D eigenvalue weighted by atomic mass is 14.8. The van der Waals surface area contributed by atoms with Gasteiger partial charge in [0.2, 0.25) is 0 Å². The van der Waals surface area contributed by atoms with Gasteiger partial charge in [0.05, 0.1) is 0 Å². The van der Waals surface area contributed by atoms with Gasteiger partial charge in [0.25, 0.3) is 0 Å². The third kappa shape index (κ3) is 2.54. The Labute approximate surface area is 58.2 Å². The third-order valence-corrected chi connectivity index (χ3v) is 1.83. The van der Waals surface area contributed by atoms with Crippen LogP contribution in [0.5, 0.6) is 0 Å². The minimum atomic E-state index is 0.664. The molecule has 0 aliphatic carbocycles. The SMILES string of the molecule is CN/C(C)=C(/C)C(C)C. The van der Waals surface area contributed by atoms with Crippen molar-refractivity contribution in [1.29, 1.82) is 0 Å². The molecule has 0 aromatic heterocycles. The average Bonchev–Trinajstić information content (AvgIpc) is 1.84. The van der Waals surface area contributed by atoms with Crippen LogP contribution in [0.4, 0.5) is 0 Å². The molecule has 0 aromatic carbocycles. The smallest absolute Gasteiger partial charge is 0.00641 e. The molecular formula is C8H17N. The van der Waals surface area contributed by atoms with Crippen molar-refractivity contribution in [2.75, 3.05) is 7.05 Å². The molecule has 0 saturated heterocycles. The molecule has 54 valence electrons. The summed E-state index contributed by atoms with van der Waals surface area (Å²) >= 11 is 0. The van der Waals surface area contributed by atoms with Crippen molar-refractivity contribution < 1.29 is 0 Å². The van der Waals surface area contributed by atoms with Crippen LogP contribution in [0.25, 0.3) is 0 Å². The van der Waals surface area contributed by atoms with Gasteiger partial charge in [0, 0.05) is 12.7 Å². The molecule has 0 fully saturated rings. The molecule has 1 heteroatoms. The fourth-order valence-electron chi connectivity index (χ4n) is 0.630. The maximum absolute atomic E-state index is 3.13. The normalized spacial score (nSPS) is 13.6. The van der Waals surface area contributed by atoms with Crippen LogP contribution in [0.1, 0.15) is 27.7 Å². The van der Waals surface area contributed by atoms with Crippen LogP contribution in [-0.4, -0.2) is 7.05 Å². The molecule has 9 heavy (non-hydrogen) atoms. The maximum Gasteiger partial charge on any atom is 0.00641 e. The first kappa shape index (κ1) is 8.54. The Morgan fingerprint density at radius 1 is 1.22 bits per heavy atom. The second-order valence-electron chi connectivity index (χ2n) is 2.71. The monoisotopic (exact) mass is 127 g/mol. The van der Waals surface area contributed by atoms with Gasteiger partial charge in [0.1, 0.15) is 0 Å². The lowest BCUT2D eigenvalue weighted by molar-refractivity contribution is 0.738. The Hall–Kier alpha value is -0.460. The first-order valence-corrected chi connectivity index (χ1v) is 3.44. The van der Waals surface area contributed by atoms with E-state index in [2.05, 4.69) is 33.0 Å². The van der Waals surface area contributed by atoms with E-state index in [1.807, 2.05) is 7.05 Å². The fourth-order valence-corrected chi connectivity index (χ4v) is 0.630. The van der Waals surface area contributed by atoms with E-state index < -0.39 is 0 Å². The zero-order chi connectivity index (χ0) is 7.44. The molecule has 0 radical (unpaired) electrons. The molecule has 0 atom stereocenters. The van der Waals surface area contributed by atoms with E-state index in [9.17, 15) is 0 Å². The second-order valence-corrected chi connectivity index (χ2v) is 2.71.